The van der Waals surface area contributed by atoms with Gasteiger partial charge in [-0.15, -0.1) is 0 Å². The van der Waals surface area contributed by atoms with E-state index in [0.29, 0.717) is 17.3 Å². The molecule has 0 aliphatic heterocycles. The van der Waals surface area contributed by atoms with Crippen molar-refractivity contribution >= 4 is 28.7 Å². The quantitative estimate of drug-likeness (QED) is 0.514. The van der Waals surface area contributed by atoms with Crippen LogP contribution in [0.15, 0.2) is 46.7 Å². The van der Waals surface area contributed by atoms with E-state index in [1.54, 1.807) is 7.11 Å². The summed E-state index contributed by atoms with van der Waals surface area (Å²) in [6, 6.07) is 7.40. The summed E-state index contributed by atoms with van der Waals surface area (Å²) < 4.78 is 6.39. The van der Waals surface area contributed by atoms with Crippen molar-refractivity contribution in [3.05, 3.63) is 52.7 Å². The first-order valence-electron chi connectivity index (χ1n) is 7.76. The fraction of sp³-hybridized carbons (Fsp3) is 0.235. The zero-order valence-corrected chi connectivity index (χ0v) is 15.1. The van der Waals surface area contributed by atoms with E-state index in [-0.39, 0.29) is 23.4 Å². The van der Waals surface area contributed by atoms with Crippen LogP contribution in [0.3, 0.4) is 0 Å². The average molecular weight is 371 g/mol. The number of carbonyl (C=O) groups is 1. The summed E-state index contributed by atoms with van der Waals surface area (Å²) in [7, 11) is 1.59. The Labute approximate surface area is 153 Å². The number of carbonyl (C=O) groups excluding carboxylic acids is 1. The number of rotatable bonds is 6. The zero-order chi connectivity index (χ0) is 18.5. The van der Waals surface area contributed by atoms with Gasteiger partial charge in [0.1, 0.15) is 24.0 Å². The predicted molar refractivity (Wildman–Crippen MR) is 98.2 cm³/mol. The largest absolute Gasteiger partial charge is 0.497 e. The molecular weight excluding hydrogens is 354 g/mol. The molecule has 8 nitrogen and oxygen atoms in total. The number of hydrogen-bond acceptors (Lipinski definition) is 7. The van der Waals surface area contributed by atoms with E-state index >= 15 is 0 Å². The third-order valence-corrected chi connectivity index (χ3v) is 4.24. The van der Waals surface area contributed by atoms with Crippen LogP contribution >= 0.6 is 11.8 Å². The summed E-state index contributed by atoms with van der Waals surface area (Å²) in [6.07, 6.45) is 4.61. The molecule has 2 aromatic heterocycles. The van der Waals surface area contributed by atoms with Gasteiger partial charge < -0.3 is 10.1 Å². The number of amides is 1. The molecule has 3 aromatic rings. The van der Waals surface area contributed by atoms with Gasteiger partial charge in [0, 0.05) is 12.7 Å². The van der Waals surface area contributed by atoms with Gasteiger partial charge in [-0.3, -0.25) is 14.2 Å². The molecule has 0 saturated heterocycles. The third-order valence-electron chi connectivity index (χ3n) is 3.68. The molecule has 0 bridgehead atoms. The molecule has 1 N–H and O–H groups in total. The highest BCUT2D eigenvalue weighted by Crippen LogP contribution is 2.12. The van der Waals surface area contributed by atoms with Crippen LogP contribution in [0.25, 0.3) is 11.0 Å². The van der Waals surface area contributed by atoms with Gasteiger partial charge >= 0.3 is 0 Å². The first-order valence-corrected chi connectivity index (χ1v) is 8.99. The average Bonchev–Trinajstić information content (AvgIpc) is 2.68. The van der Waals surface area contributed by atoms with E-state index in [4.69, 9.17) is 4.74 Å². The summed E-state index contributed by atoms with van der Waals surface area (Å²) in [6.45, 7) is 0.210. The first-order chi connectivity index (χ1) is 12.6. The number of thioether (sulfide) groups is 1. The van der Waals surface area contributed by atoms with Gasteiger partial charge in [0.2, 0.25) is 5.91 Å². The molecule has 0 unspecified atom stereocenters. The maximum atomic E-state index is 12.5. The van der Waals surface area contributed by atoms with Gasteiger partial charge in [0.05, 0.1) is 7.11 Å². The van der Waals surface area contributed by atoms with E-state index in [0.717, 1.165) is 11.3 Å². The van der Waals surface area contributed by atoms with Gasteiger partial charge in [-0.1, -0.05) is 23.9 Å². The van der Waals surface area contributed by atoms with Crippen molar-refractivity contribution in [2.45, 2.75) is 18.2 Å². The summed E-state index contributed by atoms with van der Waals surface area (Å²) >= 11 is 1.37. The number of ether oxygens (including phenoxy) is 1. The van der Waals surface area contributed by atoms with Crippen molar-refractivity contribution in [1.82, 2.24) is 24.8 Å². The Morgan fingerprint density at radius 2 is 2.19 bits per heavy atom. The minimum absolute atomic E-state index is 0.129. The van der Waals surface area contributed by atoms with Crippen molar-refractivity contribution in [2.75, 3.05) is 13.4 Å². The topological polar surface area (TPSA) is 99.0 Å². The Morgan fingerprint density at radius 3 is 2.96 bits per heavy atom. The standard InChI is InChI=1S/C17H17N5O3S/c1-25-12-5-3-4-11(6-12)7-18-14(23)9-22-10-20-15-13(16(22)24)8-19-17(21-15)26-2/h3-6,8,10H,7,9H2,1-2H3,(H,18,23). The Kier molecular flexibility index (Phi) is 5.47. The van der Waals surface area contributed by atoms with Crippen LogP contribution in [0.1, 0.15) is 5.56 Å². The highest BCUT2D eigenvalue weighted by molar-refractivity contribution is 7.98. The lowest BCUT2D eigenvalue weighted by Crippen LogP contribution is -2.32. The van der Waals surface area contributed by atoms with E-state index in [1.807, 2.05) is 30.5 Å². The van der Waals surface area contributed by atoms with Crippen LogP contribution in [-0.4, -0.2) is 38.8 Å². The second-order valence-electron chi connectivity index (χ2n) is 5.40. The number of nitrogens with one attached hydrogen (secondary N) is 1. The molecule has 2 heterocycles. The van der Waals surface area contributed by atoms with E-state index < -0.39 is 0 Å². The van der Waals surface area contributed by atoms with Crippen LogP contribution < -0.4 is 15.6 Å². The second-order valence-corrected chi connectivity index (χ2v) is 6.17. The highest BCUT2D eigenvalue weighted by atomic mass is 32.2. The maximum absolute atomic E-state index is 12.5. The summed E-state index contributed by atoms with van der Waals surface area (Å²) in [5, 5.41) is 3.60. The summed E-state index contributed by atoms with van der Waals surface area (Å²) in [5.41, 5.74) is 0.876. The summed E-state index contributed by atoms with van der Waals surface area (Å²) in [5.74, 6) is 0.425. The van der Waals surface area contributed by atoms with E-state index in [2.05, 4.69) is 20.3 Å². The SMILES string of the molecule is COc1cccc(CNC(=O)Cn2cnc3nc(SC)ncc3c2=O)c1. The maximum Gasteiger partial charge on any atom is 0.264 e. The molecule has 1 aromatic carbocycles. The van der Waals surface area contributed by atoms with Gasteiger partial charge in [-0.2, -0.15) is 0 Å². The van der Waals surface area contributed by atoms with Crippen molar-refractivity contribution in [2.24, 2.45) is 0 Å². The van der Waals surface area contributed by atoms with Crippen LogP contribution in [-0.2, 0) is 17.9 Å². The number of hydrogen-bond donors (Lipinski definition) is 1. The predicted octanol–water partition coefficient (Wildman–Crippen LogP) is 1.23. The lowest BCUT2D eigenvalue weighted by Gasteiger charge is -2.09. The second kappa shape index (κ2) is 7.96. The molecule has 26 heavy (non-hydrogen) atoms. The van der Waals surface area contributed by atoms with Crippen LogP contribution in [0, 0.1) is 0 Å². The minimum atomic E-state index is -0.348. The highest BCUT2D eigenvalue weighted by Gasteiger charge is 2.10. The fourth-order valence-corrected chi connectivity index (χ4v) is 2.68. The van der Waals surface area contributed by atoms with Gasteiger partial charge in [0.25, 0.3) is 5.56 Å². The Hall–Kier alpha value is -2.94. The first kappa shape index (κ1) is 17.9. The smallest absolute Gasteiger partial charge is 0.264 e. The normalized spacial score (nSPS) is 10.7. The molecule has 3 rings (SSSR count). The zero-order valence-electron chi connectivity index (χ0n) is 14.3. The van der Waals surface area contributed by atoms with Crippen molar-refractivity contribution in [3.63, 3.8) is 0 Å². The molecule has 0 atom stereocenters. The van der Waals surface area contributed by atoms with E-state index in [9.17, 15) is 9.59 Å². The molecule has 1 amide bonds. The van der Waals surface area contributed by atoms with Crippen LogP contribution in [0.5, 0.6) is 5.75 Å². The Morgan fingerprint density at radius 1 is 1.35 bits per heavy atom. The molecule has 0 saturated carbocycles. The molecule has 134 valence electrons. The van der Waals surface area contributed by atoms with Crippen LogP contribution in [0.2, 0.25) is 0 Å². The van der Waals surface area contributed by atoms with Gasteiger partial charge in [0.15, 0.2) is 10.8 Å². The van der Waals surface area contributed by atoms with E-state index in [1.165, 1.54) is 28.9 Å². The number of aromatic nitrogens is 4. The monoisotopic (exact) mass is 371 g/mol. The number of fused-ring (bicyclic) bond motifs is 1. The summed E-state index contributed by atoms with van der Waals surface area (Å²) in [4.78, 5) is 37.0. The molecular formula is C17H17N5O3S. The molecule has 0 fully saturated rings. The molecule has 0 radical (unpaired) electrons. The Balaban J connectivity index is 1.70. The third kappa shape index (κ3) is 3.99. The van der Waals surface area contributed by atoms with Crippen molar-refractivity contribution in [1.29, 1.82) is 0 Å². The number of methoxy groups -OCH3 is 1. The van der Waals surface area contributed by atoms with Gasteiger partial charge in [-0.05, 0) is 24.0 Å². The molecule has 0 aliphatic rings. The Bertz CT molecular complexity index is 1010. The molecule has 9 heteroatoms. The van der Waals surface area contributed by atoms with Crippen LogP contribution in [0.4, 0.5) is 0 Å². The minimum Gasteiger partial charge on any atom is -0.497 e. The lowest BCUT2D eigenvalue weighted by atomic mass is 10.2. The molecule has 0 spiro atoms. The lowest BCUT2D eigenvalue weighted by molar-refractivity contribution is -0.121. The fourth-order valence-electron chi connectivity index (χ4n) is 2.34. The van der Waals surface area contributed by atoms with Gasteiger partial charge in [-0.25, -0.2) is 15.0 Å². The number of benzene rings is 1. The van der Waals surface area contributed by atoms with Crippen molar-refractivity contribution in [3.8, 4) is 5.75 Å². The number of nitrogens with zero attached hydrogens (tertiary/aromatic N) is 4. The van der Waals surface area contributed by atoms with Crippen molar-refractivity contribution < 1.29 is 9.53 Å². The molecule has 0 aliphatic carbocycles.